The van der Waals surface area contributed by atoms with Crippen LogP contribution < -0.4 is 0 Å². The summed E-state index contributed by atoms with van der Waals surface area (Å²) in [5.74, 6) is 0.396. The Bertz CT molecular complexity index is 131. The van der Waals surface area contributed by atoms with Crippen LogP contribution in [0.3, 0.4) is 0 Å². The molecule has 0 aliphatic rings. The summed E-state index contributed by atoms with van der Waals surface area (Å²) in [6.45, 7) is 13.4. The zero-order valence-electron chi connectivity index (χ0n) is 8.10. The van der Waals surface area contributed by atoms with E-state index in [1.54, 1.807) is 0 Å². The van der Waals surface area contributed by atoms with Crippen molar-refractivity contribution in [3.05, 3.63) is 12.5 Å². The molecular formula is C9H18O2. The van der Waals surface area contributed by atoms with Crippen LogP contribution >= 0.6 is 0 Å². The Morgan fingerprint density at radius 1 is 1.27 bits per heavy atom. The molecule has 0 amide bonds. The van der Waals surface area contributed by atoms with Crippen LogP contribution in [0.2, 0.25) is 0 Å². The second-order valence-corrected chi connectivity index (χ2v) is 3.75. The summed E-state index contributed by atoms with van der Waals surface area (Å²) >= 11 is 0. The molecule has 0 saturated heterocycles. The van der Waals surface area contributed by atoms with Crippen LogP contribution in [-0.2, 0) is 9.47 Å². The van der Waals surface area contributed by atoms with Crippen molar-refractivity contribution in [2.45, 2.75) is 46.3 Å². The Hall–Kier alpha value is -0.660. The van der Waals surface area contributed by atoms with Gasteiger partial charge >= 0.3 is 0 Å². The molecule has 11 heavy (non-hydrogen) atoms. The van der Waals surface area contributed by atoms with Gasteiger partial charge in [-0.25, -0.2) is 0 Å². The summed E-state index contributed by atoms with van der Waals surface area (Å²) in [5, 5.41) is 0. The lowest BCUT2D eigenvalue weighted by molar-refractivity contribution is -0.0590. The molecule has 0 rings (SSSR count). The molecule has 0 aliphatic heterocycles. The second kappa shape index (κ2) is 3.65. The van der Waals surface area contributed by atoms with Gasteiger partial charge < -0.3 is 9.47 Å². The van der Waals surface area contributed by atoms with Crippen molar-refractivity contribution in [1.29, 1.82) is 0 Å². The Morgan fingerprint density at radius 2 is 1.73 bits per heavy atom. The molecule has 0 bridgehead atoms. The lowest BCUT2D eigenvalue weighted by Gasteiger charge is -2.23. The molecule has 0 aromatic carbocycles. The van der Waals surface area contributed by atoms with E-state index in [1.807, 2.05) is 34.6 Å². The molecular weight excluding hydrogens is 140 g/mol. The molecule has 0 aromatic rings. The fraction of sp³-hybridized carbons (Fsp3) is 0.778. The normalized spacial score (nSPS) is 11.5. The van der Waals surface area contributed by atoms with Crippen molar-refractivity contribution < 1.29 is 9.47 Å². The van der Waals surface area contributed by atoms with Crippen LogP contribution in [0, 0.1) is 0 Å². The van der Waals surface area contributed by atoms with Crippen molar-refractivity contribution in [1.82, 2.24) is 0 Å². The first-order valence-corrected chi connectivity index (χ1v) is 3.86. The Kier molecular flexibility index (Phi) is 3.43. The van der Waals surface area contributed by atoms with Gasteiger partial charge in [0.2, 0.25) is 0 Å². The highest BCUT2D eigenvalue weighted by Crippen LogP contribution is 2.13. The van der Waals surface area contributed by atoms with Crippen molar-refractivity contribution in [3.63, 3.8) is 0 Å². The van der Waals surface area contributed by atoms with Crippen molar-refractivity contribution >= 4 is 0 Å². The summed E-state index contributed by atoms with van der Waals surface area (Å²) in [4.78, 5) is 0. The van der Waals surface area contributed by atoms with Crippen LogP contribution in [0.5, 0.6) is 0 Å². The van der Waals surface area contributed by atoms with Gasteiger partial charge in [0.25, 0.3) is 5.95 Å². The van der Waals surface area contributed by atoms with Crippen molar-refractivity contribution in [2.75, 3.05) is 0 Å². The molecule has 0 heterocycles. The van der Waals surface area contributed by atoms with Gasteiger partial charge in [-0.3, -0.25) is 0 Å². The van der Waals surface area contributed by atoms with E-state index >= 15 is 0 Å². The lowest BCUT2D eigenvalue weighted by Crippen LogP contribution is -2.20. The minimum absolute atomic E-state index is 0.129. The molecule has 0 spiro atoms. The maximum Gasteiger partial charge on any atom is 0.272 e. The standard InChI is InChI=1S/C9H18O2/c1-7(2)10-8(3)11-9(4,5)6/h7H,3H2,1-2,4-6H3. The first-order chi connectivity index (χ1) is 4.81. The Balaban J connectivity index is 3.71. The summed E-state index contributed by atoms with van der Waals surface area (Å²) in [6, 6.07) is 0. The van der Waals surface area contributed by atoms with E-state index in [2.05, 4.69) is 6.58 Å². The molecule has 0 aromatic heterocycles. The van der Waals surface area contributed by atoms with Crippen LogP contribution in [0.1, 0.15) is 34.6 Å². The second-order valence-electron chi connectivity index (χ2n) is 3.75. The molecule has 0 fully saturated rings. The summed E-state index contributed by atoms with van der Waals surface area (Å²) in [6.07, 6.45) is 0.129. The predicted molar refractivity (Wildman–Crippen MR) is 46.2 cm³/mol. The largest absolute Gasteiger partial charge is 0.463 e. The molecule has 2 nitrogen and oxygen atoms in total. The maximum atomic E-state index is 5.33. The SMILES string of the molecule is C=C(OC(C)C)OC(C)(C)C. The Labute approximate surface area is 69.2 Å². The summed E-state index contributed by atoms with van der Waals surface area (Å²) in [7, 11) is 0. The van der Waals surface area contributed by atoms with Gasteiger partial charge in [-0.15, -0.1) is 0 Å². The number of hydrogen-bond acceptors (Lipinski definition) is 2. The van der Waals surface area contributed by atoms with E-state index in [1.165, 1.54) is 0 Å². The first-order valence-electron chi connectivity index (χ1n) is 3.86. The van der Waals surface area contributed by atoms with E-state index < -0.39 is 0 Å². The Morgan fingerprint density at radius 3 is 2.00 bits per heavy atom. The highest BCUT2D eigenvalue weighted by molar-refractivity contribution is 4.75. The van der Waals surface area contributed by atoms with E-state index in [0.717, 1.165) is 0 Å². The third-order valence-corrected chi connectivity index (χ3v) is 0.787. The zero-order valence-corrected chi connectivity index (χ0v) is 8.10. The smallest absolute Gasteiger partial charge is 0.272 e. The summed E-state index contributed by atoms with van der Waals surface area (Å²) in [5.41, 5.74) is -0.216. The van der Waals surface area contributed by atoms with Gasteiger partial charge in [-0.05, 0) is 41.2 Å². The molecule has 0 radical (unpaired) electrons. The first kappa shape index (κ1) is 10.3. The summed E-state index contributed by atoms with van der Waals surface area (Å²) < 4.78 is 10.5. The number of hydrogen-bond donors (Lipinski definition) is 0. The number of rotatable bonds is 3. The number of ether oxygens (including phenoxy) is 2. The van der Waals surface area contributed by atoms with Crippen molar-refractivity contribution in [3.8, 4) is 0 Å². The van der Waals surface area contributed by atoms with E-state index in [9.17, 15) is 0 Å². The van der Waals surface area contributed by atoms with Gasteiger partial charge in [-0.2, -0.15) is 0 Å². The van der Waals surface area contributed by atoms with E-state index in [-0.39, 0.29) is 11.7 Å². The third kappa shape index (κ3) is 7.23. The minimum Gasteiger partial charge on any atom is -0.463 e. The monoisotopic (exact) mass is 158 g/mol. The van der Waals surface area contributed by atoms with Crippen molar-refractivity contribution in [2.24, 2.45) is 0 Å². The van der Waals surface area contributed by atoms with Gasteiger partial charge in [0.05, 0.1) is 6.10 Å². The molecule has 66 valence electrons. The van der Waals surface area contributed by atoms with Gasteiger partial charge in [0.1, 0.15) is 5.60 Å². The fourth-order valence-electron chi connectivity index (χ4n) is 0.628. The highest BCUT2D eigenvalue weighted by Gasteiger charge is 2.13. The maximum absolute atomic E-state index is 5.33. The molecule has 2 heteroatoms. The van der Waals surface area contributed by atoms with E-state index in [0.29, 0.717) is 5.95 Å². The van der Waals surface area contributed by atoms with Gasteiger partial charge in [-0.1, -0.05) is 0 Å². The molecule has 0 N–H and O–H groups in total. The van der Waals surface area contributed by atoms with Crippen LogP contribution in [0.25, 0.3) is 0 Å². The third-order valence-electron chi connectivity index (χ3n) is 0.787. The molecule has 0 unspecified atom stereocenters. The zero-order chi connectivity index (χ0) is 9.07. The highest BCUT2D eigenvalue weighted by atomic mass is 16.7. The topological polar surface area (TPSA) is 18.5 Å². The molecule has 0 saturated carbocycles. The molecule has 0 aliphatic carbocycles. The average Bonchev–Trinajstić information content (AvgIpc) is 1.53. The van der Waals surface area contributed by atoms with Gasteiger partial charge in [0.15, 0.2) is 0 Å². The lowest BCUT2D eigenvalue weighted by atomic mass is 10.2. The minimum atomic E-state index is -0.216. The van der Waals surface area contributed by atoms with Crippen LogP contribution in [-0.4, -0.2) is 11.7 Å². The van der Waals surface area contributed by atoms with Gasteiger partial charge in [0, 0.05) is 0 Å². The fourth-order valence-corrected chi connectivity index (χ4v) is 0.628. The van der Waals surface area contributed by atoms with Crippen LogP contribution in [0.4, 0.5) is 0 Å². The quantitative estimate of drug-likeness (QED) is 0.588. The van der Waals surface area contributed by atoms with E-state index in [4.69, 9.17) is 9.47 Å². The predicted octanol–water partition coefficient (Wildman–Crippen LogP) is 2.70. The average molecular weight is 158 g/mol. The van der Waals surface area contributed by atoms with Crippen LogP contribution in [0.15, 0.2) is 12.5 Å². The molecule has 0 atom stereocenters.